The average molecular weight is 261 g/mol. The van der Waals surface area contributed by atoms with Crippen LogP contribution < -0.4 is 5.32 Å². The first-order valence-corrected chi connectivity index (χ1v) is 6.22. The maximum absolute atomic E-state index is 12.9. The SMILES string of the molecule is CCCc1[nH]nc(-c2ccc(F)cc2)c1NC(C)=O. The van der Waals surface area contributed by atoms with Gasteiger partial charge in [-0.1, -0.05) is 13.3 Å². The van der Waals surface area contributed by atoms with Gasteiger partial charge in [-0.15, -0.1) is 0 Å². The number of aromatic nitrogens is 2. The van der Waals surface area contributed by atoms with Crippen LogP contribution in [0, 0.1) is 5.82 Å². The highest BCUT2D eigenvalue weighted by molar-refractivity contribution is 5.94. The summed E-state index contributed by atoms with van der Waals surface area (Å²) in [5.41, 5.74) is 2.97. The van der Waals surface area contributed by atoms with E-state index in [-0.39, 0.29) is 11.7 Å². The number of aryl methyl sites for hydroxylation is 1. The Morgan fingerprint density at radius 3 is 2.63 bits per heavy atom. The number of carbonyl (C=O) groups is 1. The average Bonchev–Trinajstić information content (AvgIpc) is 2.73. The van der Waals surface area contributed by atoms with Gasteiger partial charge in [0.15, 0.2) is 0 Å². The fourth-order valence-electron chi connectivity index (χ4n) is 1.94. The predicted octanol–water partition coefficient (Wildman–Crippen LogP) is 3.13. The first kappa shape index (κ1) is 13.3. The molecule has 0 aliphatic rings. The number of nitrogens with zero attached hydrogens (tertiary/aromatic N) is 1. The van der Waals surface area contributed by atoms with Crippen LogP contribution in [0.3, 0.4) is 0 Å². The summed E-state index contributed by atoms with van der Waals surface area (Å²) in [5, 5.41) is 9.95. The zero-order chi connectivity index (χ0) is 13.8. The fraction of sp³-hybridized carbons (Fsp3) is 0.286. The van der Waals surface area contributed by atoms with Crippen molar-refractivity contribution in [3.8, 4) is 11.3 Å². The van der Waals surface area contributed by atoms with E-state index in [0.29, 0.717) is 11.4 Å². The monoisotopic (exact) mass is 261 g/mol. The van der Waals surface area contributed by atoms with Gasteiger partial charge in [0, 0.05) is 12.5 Å². The Balaban J connectivity index is 2.44. The molecule has 0 unspecified atom stereocenters. The van der Waals surface area contributed by atoms with E-state index in [0.717, 1.165) is 24.1 Å². The predicted molar refractivity (Wildman–Crippen MR) is 72.3 cm³/mol. The minimum absolute atomic E-state index is 0.151. The summed E-state index contributed by atoms with van der Waals surface area (Å²) in [5.74, 6) is -0.448. The van der Waals surface area contributed by atoms with E-state index in [1.807, 2.05) is 0 Å². The molecule has 0 bridgehead atoms. The first-order chi connectivity index (χ1) is 9.11. The number of hydrogen-bond donors (Lipinski definition) is 2. The van der Waals surface area contributed by atoms with E-state index in [2.05, 4.69) is 22.4 Å². The Kier molecular flexibility index (Phi) is 3.94. The molecule has 0 saturated carbocycles. The summed E-state index contributed by atoms with van der Waals surface area (Å²) in [6.07, 6.45) is 1.74. The van der Waals surface area contributed by atoms with Crippen LogP contribution >= 0.6 is 0 Å². The standard InChI is InChI=1S/C14H16FN3O/c1-3-4-12-14(16-9(2)19)13(18-17-12)10-5-7-11(15)8-6-10/h5-8H,3-4H2,1-2H3,(H,16,19)(H,17,18). The molecule has 4 nitrogen and oxygen atoms in total. The summed E-state index contributed by atoms with van der Waals surface area (Å²) >= 11 is 0. The molecule has 1 heterocycles. The zero-order valence-corrected chi connectivity index (χ0v) is 11.0. The fourth-order valence-corrected chi connectivity index (χ4v) is 1.94. The molecule has 0 fully saturated rings. The molecule has 100 valence electrons. The van der Waals surface area contributed by atoms with Crippen LogP contribution in [0.1, 0.15) is 26.0 Å². The van der Waals surface area contributed by atoms with Crippen LogP contribution in [0.2, 0.25) is 0 Å². The van der Waals surface area contributed by atoms with E-state index in [4.69, 9.17) is 0 Å². The highest BCUT2D eigenvalue weighted by atomic mass is 19.1. The molecule has 5 heteroatoms. The summed E-state index contributed by atoms with van der Waals surface area (Å²) < 4.78 is 12.9. The number of aromatic amines is 1. The molecule has 2 aromatic rings. The summed E-state index contributed by atoms with van der Waals surface area (Å²) in [7, 11) is 0. The molecule has 1 amide bonds. The summed E-state index contributed by atoms with van der Waals surface area (Å²) in [6.45, 7) is 3.51. The zero-order valence-electron chi connectivity index (χ0n) is 11.0. The lowest BCUT2D eigenvalue weighted by Gasteiger charge is -2.06. The van der Waals surface area contributed by atoms with Crippen LogP contribution in [0.5, 0.6) is 0 Å². The van der Waals surface area contributed by atoms with Gasteiger partial charge in [0.2, 0.25) is 5.91 Å². The molecule has 19 heavy (non-hydrogen) atoms. The second-order valence-corrected chi connectivity index (χ2v) is 4.36. The Labute approximate surface area is 111 Å². The van der Waals surface area contributed by atoms with E-state index < -0.39 is 0 Å². The second-order valence-electron chi connectivity index (χ2n) is 4.36. The van der Waals surface area contributed by atoms with E-state index in [1.165, 1.54) is 19.1 Å². The van der Waals surface area contributed by atoms with Crippen molar-refractivity contribution in [3.05, 3.63) is 35.8 Å². The van der Waals surface area contributed by atoms with Gasteiger partial charge in [0.1, 0.15) is 11.5 Å². The van der Waals surface area contributed by atoms with Gasteiger partial charge in [-0.3, -0.25) is 9.89 Å². The van der Waals surface area contributed by atoms with Crippen LogP contribution in [0.15, 0.2) is 24.3 Å². The van der Waals surface area contributed by atoms with E-state index in [1.54, 1.807) is 12.1 Å². The highest BCUT2D eigenvalue weighted by Gasteiger charge is 2.15. The molecular weight excluding hydrogens is 245 g/mol. The molecule has 0 aliphatic heterocycles. The smallest absolute Gasteiger partial charge is 0.221 e. The third-order valence-corrected chi connectivity index (χ3v) is 2.76. The summed E-state index contributed by atoms with van der Waals surface area (Å²) in [4.78, 5) is 11.3. The van der Waals surface area contributed by atoms with Gasteiger partial charge in [0.05, 0.1) is 11.4 Å². The molecule has 1 aromatic heterocycles. The Bertz CT molecular complexity index is 575. The normalized spacial score (nSPS) is 10.5. The quantitative estimate of drug-likeness (QED) is 0.888. The van der Waals surface area contributed by atoms with Crippen LogP contribution in [0.25, 0.3) is 11.3 Å². The molecule has 0 spiro atoms. The number of carbonyl (C=O) groups excluding carboxylic acids is 1. The summed E-state index contributed by atoms with van der Waals surface area (Å²) in [6, 6.07) is 6.04. The Morgan fingerprint density at radius 1 is 1.37 bits per heavy atom. The number of anilines is 1. The lowest BCUT2D eigenvalue weighted by Crippen LogP contribution is -2.08. The molecular formula is C14H16FN3O. The van der Waals surface area contributed by atoms with Crippen molar-refractivity contribution in [2.45, 2.75) is 26.7 Å². The van der Waals surface area contributed by atoms with Crippen LogP contribution in [-0.2, 0) is 11.2 Å². The van der Waals surface area contributed by atoms with Crippen molar-refractivity contribution in [2.24, 2.45) is 0 Å². The Morgan fingerprint density at radius 2 is 2.05 bits per heavy atom. The van der Waals surface area contributed by atoms with Crippen LogP contribution in [0.4, 0.5) is 10.1 Å². The van der Waals surface area contributed by atoms with Crippen molar-refractivity contribution in [2.75, 3.05) is 5.32 Å². The number of halogens is 1. The van der Waals surface area contributed by atoms with Gasteiger partial charge in [0.25, 0.3) is 0 Å². The van der Waals surface area contributed by atoms with Crippen molar-refractivity contribution in [1.82, 2.24) is 10.2 Å². The topological polar surface area (TPSA) is 57.8 Å². The molecule has 0 saturated heterocycles. The lowest BCUT2D eigenvalue weighted by molar-refractivity contribution is -0.114. The molecule has 0 aliphatic carbocycles. The molecule has 2 N–H and O–H groups in total. The number of amides is 1. The second kappa shape index (κ2) is 5.65. The molecule has 0 radical (unpaired) electrons. The van der Waals surface area contributed by atoms with Crippen molar-refractivity contribution in [1.29, 1.82) is 0 Å². The Hall–Kier alpha value is -2.17. The highest BCUT2D eigenvalue weighted by Crippen LogP contribution is 2.29. The van der Waals surface area contributed by atoms with Gasteiger partial charge >= 0.3 is 0 Å². The third kappa shape index (κ3) is 2.99. The van der Waals surface area contributed by atoms with Crippen LogP contribution in [-0.4, -0.2) is 16.1 Å². The first-order valence-electron chi connectivity index (χ1n) is 6.22. The number of benzene rings is 1. The van der Waals surface area contributed by atoms with E-state index in [9.17, 15) is 9.18 Å². The lowest BCUT2D eigenvalue weighted by atomic mass is 10.1. The number of nitrogens with one attached hydrogen (secondary N) is 2. The van der Waals surface area contributed by atoms with Gasteiger partial charge in [-0.2, -0.15) is 5.10 Å². The molecule has 2 rings (SSSR count). The van der Waals surface area contributed by atoms with Crippen molar-refractivity contribution < 1.29 is 9.18 Å². The van der Waals surface area contributed by atoms with Crippen molar-refractivity contribution in [3.63, 3.8) is 0 Å². The van der Waals surface area contributed by atoms with Crippen molar-refractivity contribution >= 4 is 11.6 Å². The maximum atomic E-state index is 12.9. The van der Waals surface area contributed by atoms with Gasteiger partial charge < -0.3 is 5.32 Å². The minimum Gasteiger partial charge on any atom is -0.323 e. The molecule has 0 atom stereocenters. The number of hydrogen-bond acceptors (Lipinski definition) is 2. The van der Waals surface area contributed by atoms with Gasteiger partial charge in [-0.25, -0.2) is 4.39 Å². The van der Waals surface area contributed by atoms with E-state index >= 15 is 0 Å². The molecule has 1 aromatic carbocycles. The number of H-pyrrole nitrogens is 1. The van der Waals surface area contributed by atoms with Gasteiger partial charge in [-0.05, 0) is 30.7 Å². The largest absolute Gasteiger partial charge is 0.323 e. The minimum atomic E-state index is -0.297. The third-order valence-electron chi connectivity index (χ3n) is 2.76. The number of rotatable bonds is 4. The maximum Gasteiger partial charge on any atom is 0.221 e.